The number of nitriles is 1. The summed E-state index contributed by atoms with van der Waals surface area (Å²) in [7, 11) is -3.73. The average molecular weight is 444 g/mol. The molecule has 0 radical (unpaired) electrons. The molecule has 0 bridgehead atoms. The number of carbonyl (C=O) groups excluding carboxylic acids is 1. The van der Waals surface area contributed by atoms with Gasteiger partial charge in [0.1, 0.15) is 17.6 Å². The fraction of sp³-hybridized carbons (Fsp3) is 0.273. The molecule has 0 aromatic heterocycles. The minimum atomic E-state index is -3.73. The molecule has 9 heteroatoms. The summed E-state index contributed by atoms with van der Waals surface area (Å²) >= 11 is 0. The quantitative estimate of drug-likeness (QED) is 0.664. The number of sulfonamides is 1. The van der Waals surface area contributed by atoms with Crippen LogP contribution in [0.4, 0.5) is 4.39 Å². The maximum absolute atomic E-state index is 13.0. The van der Waals surface area contributed by atoms with Crippen molar-refractivity contribution in [1.29, 1.82) is 5.26 Å². The van der Waals surface area contributed by atoms with E-state index >= 15 is 0 Å². The first-order valence-electron chi connectivity index (χ1n) is 9.72. The predicted octanol–water partition coefficient (Wildman–Crippen LogP) is 2.71. The van der Waals surface area contributed by atoms with Crippen LogP contribution in [-0.2, 0) is 14.8 Å². The third kappa shape index (κ3) is 6.38. The van der Waals surface area contributed by atoms with Crippen molar-refractivity contribution in [1.82, 2.24) is 9.62 Å². The van der Waals surface area contributed by atoms with Gasteiger partial charge in [0.25, 0.3) is 0 Å². The molecule has 1 aliphatic rings. The number of likely N-dealkylation sites (tertiary alicyclic amines) is 1. The summed E-state index contributed by atoms with van der Waals surface area (Å²) in [5.74, 6) is -0.0677. The lowest BCUT2D eigenvalue weighted by molar-refractivity contribution is -0.126. The zero-order chi connectivity index (χ0) is 22.3. The Kier molecular flexibility index (Phi) is 7.39. The molecule has 1 N–H and O–H groups in total. The minimum Gasteiger partial charge on any atom is -0.479 e. The topological polar surface area (TPSA) is 99.5 Å². The second-order valence-corrected chi connectivity index (χ2v) is 8.74. The van der Waals surface area contributed by atoms with Gasteiger partial charge in [-0.05, 0) is 60.9 Å². The molecule has 1 amide bonds. The number of amides is 1. The maximum atomic E-state index is 13.0. The summed E-state index contributed by atoms with van der Waals surface area (Å²) in [6, 6.07) is 13.3. The molecule has 0 spiro atoms. The molecular formula is C22H22FN3O4S. The van der Waals surface area contributed by atoms with Crippen LogP contribution in [-0.4, -0.2) is 45.0 Å². The van der Waals surface area contributed by atoms with E-state index in [2.05, 4.69) is 4.72 Å². The first kappa shape index (κ1) is 22.5. The zero-order valence-electron chi connectivity index (χ0n) is 16.7. The summed E-state index contributed by atoms with van der Waals surface area (Å²) in [4.78, 5) is 14.1. The minimum absolute atomic E-state index is 0.0133. The van der Waals surface area contributed by atoms with Gasteiger partial charge in [0.05, 0.1) is 4.90 Å². The van der Waals surface area contributed by atoms with E-state index in [0.717, 1.165) is 17.7 Å². The highest BCUT2D eigenvalue weighted by molar-refractivity contribution is 7.89. The highest BCUT2D eigenvalue weighted by Crippen LogP contribution is 2.17. The molecule has 162 valence electrons. The molecular weight excluding hydrogens is 421 g/mol. The Labute approximate surface area is 180 Å². The van der Waals surface area contributed by atoms with E-state index in [9.17, 15) is 17.6 Å². The number of halogens is 1. The van der Waals surface area contributed by atoms with Crippen LogP contribution in [0.5, 0.6) is 5.75 Å². The Morgan fingerprint density at radius 2 is 1.81 bits per heavy atom. The number of rotatable bonds is 7. The lowest BCUT2D eigenvalue weighted by Crippen LogP contribution is -2.46. The van der Waals surface area contributed by atoms with E-state index in [1.807, 2.05) is 6.07 Å². The molecule has 3 rings (SSSR count). The van der Waals surface area contributed by atoms with Crippen LogP contribution in [0.3, 0.4) is 0 Å². The number of ether oxygens (including phenoxy) is 1. The fourth-order valence-corrected chi connectivity index (χ4v) is 4.49. The van der Waals surface area contributed by atoms with Crippen LogP contribution in [0.1, 0.15) is 18.4 Å². The summed E-state index contributed by atoms with van der Waals surface area (Å²) < 4.78 is 45.7. The molecule has 0 aliphatic carbocycles. The number of nitrogens with one attached hydrogen (secondary N) is 1. The molecule has 31 heavy (non-hydrogen) atoms. The van der Waals surface area contributed by atoms with Crippen molar-refractivity contribution in [3.63, 3.8) is 0 Å². The number of hydrogen-bond acceptors (Lipinski definition) is 5. The molecule has 1 aliphatic heterocycles. The molecule has 0 saturated carbocycles. The molecule has 1 heterocycles. The van der Waals surface area contributed by atoms with Gasteiger partial charge in [0.2, 0.25) is 15.9 Å². The fourth-order valence-electron chi connectivity index (χ4n) is 3.18. The van der Waals surface area contributed by atoms with Crippen molar-refractivity contribution in [2.45, 2.75) is 23.8 Å². The average Bonchev–Trinajstić information content (AvgIpc) is 2.77. The molecule has 1 fully saturated rings. The van der Waals surface area contributed by atoms with Gasteiger partial charge in [-0.1, -0.05) is 12.1 Å². The van der Waals surface area contributed by atoms with E-state index in [4.69, 9.17) is 10.00 Å². The van der Waals surface area contributed by atoms with Crippen molar-refractivity contribution >= 4 is 22.0 Å². The molecule has 0 unspecified atom stereocenters. The third-order valence-corrected chi connectivity index (χ3v) is 6.39. The van der Waals surface area contributed by atoms with Gasteiger partial charge in [0, 0.05) is 25.2 Å². The van der Waals surface area contributed by atoms with Crippen molar-refractivity contribution < 1.29 is 22.3 Å². The third-order valence-electron chi connectivity index (χ3n) is 4.85. The Morgan fingerprint density at radius 3 is 2.42 bits per heavy atom. The first-order valence-corrected chi connectivity index (χ1v) is 11.2. The molecule has 1 saturated heterocycles. The standard InChI is InChI=1S/C22H22FN3O4S/c23-18-4-8-21(9-5-18)31(28,29)25-19-11-14-26(15-12-19)22(27)10-3-17-1-6-20(7-2-17)30-16-13-24/h1-10,19,25H,11-12,14-16H2/b10-3+. The predicted molar refractivity (Wildman–Crippen MR) is 113 cm³/mol. The maximum Gasteiger partial charge on any atom is 0.246 e. The van der Waals surface area contributed by atoms with Crippen molar-refractivity contribution in [2.75, 3.05) is 19.7 Å². The van der Waals surface area contributed by atoms with Crippen molar-refractivity contribution in [3.8, 4) is 11.8 Å². The second kappa shape index (κ2) is 10.2. The first-order chi connectivity index (χ1) is 14.9. The number of carbonyl (C=O) groups is 1. The molecule has 2 aromatic rings. The van der Waals surface area contributed by atoms with Gasteiger partial charge in [-0.3, -0.25) is 4.79 Å². The highest BCUT2D eigenvalue weighted by atomic mass is 32.2. The van der Waals surface area contributed by atoms with E-state index < -0.39 is 15.8 Å². The van der Waals surface area contributed by atoms with E-state index in [0.29, 0.717) is 31.7 Å². The lowest BCUT2D eigenvalue weighted by atomic mass is 10.1. The van der Waals surface area contributed by atoms with Gasteiger partial charge in [-0.2, -0.15) is 5.26 Å². The van der Waals surface area contributed by atoms with Crippen LogP contribution in [0.2, 0.25) is 0 Å². The lowest BCUT2D eigenvalue weighted by Gasteiger charge is -2.31. The largest absolute Gasteiger partial charge is 0.479 e. The van der Waals surface area contributed by atoms with Crippen LogP contribution in [0.15, 0.2) is 59.5 Å². The van der Waals surface area contributed by atoms with Crippen LogP contribution in [0.25, 0.3) is 6.08 Å². The zero-order valence-corrected chi connectivity index (χ0v) is 17.5. The van der Waals surface area contributed by atoms with Gasteiger partial charge < -0.3 is 9.64 Å². The number of benzene rings is 2. The Hall–Kier alpha value is -3.22. The van der Waals surface area contributed by atoms with Crippen LogP contribution in [0, 0.1) is 17.1 Å². The van der Waals surface area contributed by atoms with E-state index in [1.165, 1.54) is 18.2 Å². The SMILES string of the molecule is N#CCOc1ccc(/C=C/C(=O)N2CCC(NS(=O)(=O)c3ccc(F)cc3)CC2)cc1. The summed E-state index contributed by atoms with van der Waals surface area (Å²) in [5, 5.41) is 8.51. The van der Waals surface area contributed by atoms with Crippen LogP contribution < -0.4 is 9.46 Å². The summed E-state index contributed by atoms with van der Waals surface area (Å²) in [6.07, 6.45) is 4.16. The van der Waals surface area contributed by atoms with Gasteiger partial charge in [-0.25, -0.2) is 17.5 Å². The Balaban J connectivity index is 1.49. The Morgan fingerprint density at radius 1 is 1.16 bits per heavy atom. The van der Waals surface area contributed by atoms with E-state index in [1.54, 1.807) is 35.2 Å². The molecule has 2 aromatic carbocycles. The van der Waals surface area contributed by atoms with Crippen molar-refractivity contribution in [2.24, 2.45) is 0 Å². The number of piperidine rings is 1. The van der Waals surface area contributed by atoms with Crippen LogP contribution >= 0.6 is 0 Å². The smallest absolute Gasteiger partial charge is 0.246 e. The molecule has 7 nitrogen and oxygen atoms in total. The second-order valence-electron chi connectivity index (χ2n) is 7.02. The normalized spacial score (nSPS) is 15.0. The monoisotopic (exact) mass is 443 g/mol. The molecule has 0 atom stereocenters. The number of nitrogens with zero attached hydrogens (tertiary/aromatic N) is 2. The summed E-state index contributed by atoms with van der Waals surface area (Å²) in [6.45, 7) is 0.838. The van der Waals surface area contributed by atoms with Crippen molar-refractivity contribution in [3.05, 3.63) is 66.0 Å². The summed E-state index contributed by atoms with van der Waals surface area (Å²) in [5.41, 5.74) is 0.819. The highest BCUT2D eigenvalue weighted by Gasteiger charge is 2.26. The number of hydrogen-bond donors (Lipinski definition) is 1. The van der Waals surface area contributed by atoms with Gasteiger partial charge >= 0.3 is 0 Å². The van der Waals surface area contributed by atoms with E-state index in [-0.39, 0.29) is 23.5 Å². The van der Waals surface area contributed by atoms with Gasteiger partial charge in [0.15, 0.2) is 6.61 Å². The van der Waals surface area contributed by atoms with Gasteiger partial charge in [-0.15, -0.1) is 0 Å². The Bertz CT molecular complexity index is 1070.